The van der Waals surface area contributed by atoms with Crippen LogP contribution < -0.4 is 5.32 Å². The molecule has 4 heterocycles. The Labute approximate surface area is 300 Å². The molecule has 0 fully saturated rings. The summed E-state index contributed by atoms with van der Waals surface area (Å²) in [5.74, 6) is 1.65. The highest BCUT2D eigenvalue weighted by Crippen LogP contribution is 2.47. The van der Waals surface area contributed by atoms with Crippen molar-refractivity contribution < 1.29 is 4.42 Å². The van der Waals surface area contributed by atoms with Crippen LogP contribution in [0.1, 0.15) is 22.9 Å². The van der Waals surface area contributed by atoms with E-state index >= 15 is 0 Å². The Bertz CT molecular complexity index is 3000. The summed E-state index contributed by atoms with van der Waals surface area (Å²) >= 11 is 3.68. The van der Waals surface area contributed by atoms with Gasteiger partial charge in [0.25, 0.3) is 0 Å². The fourth-order valence-electron chi connectivity index (χ4n) is 7.49. The highest BCUT2D eigenvalue weighted by Gasteiger charge is 2.22. The molecule has 4 nitrogen and oxygen atoms in total. The van der Waals surface area contributed by atoms with Gasteiger partial charge in [0.2, 0.25) is 0 Å². The number of hydrogen-bond acceptors (Lipinski definition) is 6. The van der Waals surface area contributed by atoms with Crippen LogP contribution >= 0.6 is 22.7 Å². The zero-order valence-corrected chi connectivity index (χ0v) is 28.8. The molecule has 0 saturated heterocycles. The maximum atomic E-state index is 6.54. The minimum atomic E-state index is -0.361. The van der Waals surface area contributed by atoms with Crippen molar-refractivity contribution >= 4 is 96.6 Å². The van der Waals surface area contributed by atoms with E-state index in [2.05, 4.69) is 115 Å². The number of rotatable bonds is 4. The molecule has 1 aliphatic rings. The van der Waals surface area contributed by atoms with Gasteiger partial charge >= 0.3 is 0 Å². The number of benzene rings is 7. The lowest BCUT2D eigenvalue weighted by Gasteiger charge is -2.22. The van der Waals surface area contributed by atoms with E-state index in [4.69, 9.17) is 14.4 Å². The molecule has 1 aliphatic heterocycles. The number of nitrogens with one attached hydrogen (secondary N) is 1. The summed E-state index contributed by atoms with van der Waals surface area (Å²) in [6, 6.07) is 53.6. The third kappa shape index (κ3) is 4.57. The summed E-state index contributed by atoms with van der Waals surface area (Å²) in [6.07, 6.45) is -0.361. The highest BCUT2D eigenvalue weighted by atomic mass is 32.1. The van der Waals surface area contributed by atoms with E-state index in [0.29, 0.717) is 0 Å². The molecule has 240 valence electrons. The van der Waals surface area contributed by atoms with Crippen molar-refractivity contribution in [1.82, 2.24) is 5.32 Å². The van der Waals surface area contributed by atoms with Gasteiger partial charge in [-0.05, 0) is 41.5 Å². The number of hydrogen-bond donors (Lipinski definition) is 1. The van der Waals surface area contributed by atoms with Crippen LogP contribution in [0.25, 0.3) is 73.4 Å². The average Bonchev–Trinajstić information content (AvgIpc) is 3.88. The summed E-state index contributed by atoms with van der Waals surface area (Å²) in [6.45, 7) is 0. The maximum Gasteiger partial charge on any atom is 0.169 e. The molecule has 51 heavy (non-hydrogen) atoms. The van der Waals surface area contributed by atoms with Crippen molar-refractivity contribution in [3.8, 4) is 11.1 Å². The third-order valence-electron chi connectivity index (χ3n) is 9.93. The van der Waals surface area contributed by atoms with E-state index < -0.39 is 0 Å². The first-order valence-corrected chi connectivity index (χ1v) is 18.6. The third-order valence-corrected chi connectivity index (χ3v) is 12.2. The van der Waals surface area contributed by atoms with Gasteiger partial charge in [0.15, 0.2) is 6.17 Å². The Balaban J connectivity index is 1.06. The zero-order valence-electron chi connectivity index (χ0n) is 27.1. The first kappa shape index (κ1) is 28.7. The van der Waals surface area contributed by atoms with E-state index in [1.54, 1.807) is 0 Å². The minimum absolute atomic E-state index is 0.361. The lowest BCUT2D eigenvalue weighted by Crippen LogP contribution is -2.35. The predicted molar refractivity (Wildman–Crippen MR) is 217 cm³/mol. The monoisotopic (exact) mass is 689 g/mol. The fraction of sp³-hybridized carbons (Fsp3) is 0.0222. The van der Waals surface area contributed by atoms with Crippen LogP contribution in [0.15, 0.2) is 166 Å². The van der Waals surface area contributed by atoms with Crippen molar-refractivity contribution in [3.05, 3.63) is 168 Å². The van der Waals surface area contributed by atoms with E-state index in [-0.39, 0.29) is 6.17 Å². The van der Waals surface area contributed by atoms with Gasteiger partial charge in [0, 0.05) is 67.8 Å². The van der Waals surface area contributed by atoms with Crippen molar-refractivity contribution in [3.63, 3.8) is 0 Å². The second-order valence-corrected chi connectivity index (χ2v) is 15.1. The Morgan fingerprint density at radius 3 is 1.90 bits per heavy atom. The molecule has 0 bridgehead atoms. The van der Waals surface area contributed by atoms with Gasteiger partial charge < -0.3 is 9.73 Å². The molecule has 11 rings (SSSR count). The van der Waals surface area contributed by atoms with E-state index in [0.717, 1.165) is 50.3 Å². The number of furan rings is 1. The number of para-hydroxylation sites is 1. The van der Waals surface area contributed by atoms with Crippen LogP contribution in [0.4, 0.5) is 0 Å². The molecule has 0 radical (unpaired) electrons. The van der Waals surface area contributed by atoms with E-state index in [9.17, 15) is 0 Å². The number of thiophene rings is 2. The SMILES string of the molecule is c1ccc(C2=NC(c3ccc4c(c3)sc3cc(-c5cc6c7ccccc7oc6c6c5sc5ccccc56)ccc34)N=C(c3ccccc3)N2)cc1. The maximum absolute atomic E-state index is 6.54. The molecule has 10 aromatic rings. The van der Waals surface area contributed by atoms with Gasteiger partial charge in [-0.25, -0.2) is 9.98 Å². The standard InChI is InChI=1S/C45H27N3OS2/c1-3-11-26(12-4-1)43-46-44(27-13-5-2-6-14-27)48-45(47-43)29-20-22-32-31-21-19-28(23-38(31)50-39(32)24-29)34-25-35-30-15-7-9-17-36(30)49-41(35)40-33-16-8-10-18-37(33)51-42(34)40/h1-25,45H,(H,46,47,48). The molecular weight excluding hydrogens is 663 g/mol. The second kappa shape index (κ2) is 11.2. The molecule has 6 heteroatoms. The molecule has 0 saturated carbocycles. The van der Waals surface area contributed by atoms with Crippen molar-refractivity contribution in [2.75, 3.05) is 0 Å². The smallest absolute Gasteiger partial charge is 0.169 e. The summed E-state index contributed by atoms with van der Waals surface area (Å²) in [5.41, 5.74) is 7.49. The van der Waals surface area contributed by atoms with Crippen molar-refractivity contribution in [2.45, 2.75) is 6.17 Å². The number of nitrogens with zero attached hydrogens (tertiary/aromatic N) is 2. The predicted octanol–water partition coefficient (Wildman–Crippen LogP) is 12.5. The Morgan fingerprint density at radius 2 is 1.14 bits per heavy atom. The van der Waals surface area contributed by atoms with Crippen molar-refractivity contribution in [1.29, 1.82) is 0 Å². The Hall–Kier alpha value is -6.08. The van der Waals surface area contributed by atoms with Crippen LogP contribution in [0, 0.1) is 0 Å². The molecular formula is C45H27N3OS2. The minimum Gasteiger partial charge on any atom is -0.455 e. The molecule has 7 aromatic carbocycles. The van der Waals surface area contributed by atoms with E-state index in [1.807, 2.05) is 65.1 Å². The molecule has 0 amide bonds. The van der Waals surface area contributed by atoms with Crippen LogP contribution in [0.2, 0.25) is 0 Å². The molecule has 3 aromatic heterocycles. The van der Waals surface area contributed by atoms with Gasteiger partial charge in [-0.2, -0.15) is 0 Å². The quantitative estimate of drug-likeness (QED) is 0.200. The van der Waals surface area contributed by atoms with Gasteiger partial charge in [-0.1, -0.05) is 121 Å². The number of aliphatic imine (C=N–C) groups is 2. The van der Waals surface area contributed by atoms with Crippen LogP contribution in [-0.2, 0) is 0 Å². The normalized spacial score (nSPS) is 13.8. The molecule has 0 atom stereocenters. The van der Waals surface area contributed by atoms with Crippen LogP contribution in [0.3, 0.4) is 0 Å². The Kier molecular flexibility index (Phi) is 6.32. The highest BCUT2D eigenvalue weighted by molar-refractivity contribution is 7.26. The van der Waals surface area contributed by atoms with E-state index in [1.165, 1.54) is 51.5 Å². The topological polar surface area (TPSA) is 49.9 Å². The lowest BCUT2D eigenvalue weighted by molar-refractivity contribution is 0.673. The summed E-state index contributed by atoms with van der Waals surface area (Å²) in [5, 5.41) is 10.8. The second-order valence-electron chi connectivity index (χ2n) is 13.0. The average molecular weight is 690 g/mol. The van der Waals surface area contributed by atoms with Gasteiger partial charge in [0.1, 0.15) is 22.8 Å². The lowest BCUT2D eigenvalue weighted by atomic mass is 9.98. The summed E-state index contributed by atoms with van der Waals surface area (Å²) in [4.78, 5) is 10.2. The largest absolute Gasteiger partial charge is 0.455 e. The first-order valence-electron chi connectivity index (χ1n) is 17.0. The number of fused-ring (bicyclic) bond motifs is 10. The first-order chi connectivity index (χ1) is 25.2. The van der Waals surface area contributed by atoms with Gasteiger partial charge in [-0.15, -0.1) is 22.7 Å². The molecule has 0 spiro atoms. The van der Waals surface area contributed by atoms with Gasteiger partial charge in [0.05, 0.1) is 0 Å². The summed E-state index contributed by atoms with van der Waals surface area (Å²) < 4.78 is 11.6. The molecule has 0 unspecified atom stereocenters. The van der Waals surface area contributed by atoms with Crippen molar-refractivity contribution in [2.24, 2.45) is 9.98 Å². The van der Waals surface area contributed by atoms with Gasteiger partial charge in [-0.3, -0.25) is 0 Å². The molecule has 0 aliphatic carbocycles. The number of amidine groups is 2. The van der Waals surface area contributed by atoms with Crippen LogP contribution in [0.5, 0.6) is 0 Å². The Morgan fingerprint density at radius 1 is 0.490 bits per heavy atom. The zero-order chi connectivity index (χ0) is 33.5. The fourth-order valence-corrected chi connectivity index (χ4v) is 9.92. The molecule has 1 N–H and O–H groups in total. The summed E-state index contributed by atoms with van der Waals surface area (Å²) in [7, 11) is 0. The van der Waals surface area contributed by atoms with Crippen LogP contribution in [-0.4, -0.2) is 11.7 Å².